The quantitative estimate of drug-likeness (QED) is 0.225. The van der Waals surface area contributed by atoms with Crippen LogP contribution in [0, 0.1) is 5.92 Å². The van der Waals surface area contributed by atoms with Gasteiger partial charge in [-0.2, -0.15) is 4.98 Å². The average Bonchev–Trinajstić information content (AvgIpc) is 3.41. The van der Waals surface area contributed by atoms with E-state index in [1.54, 1.807) is 0 Å². The molecule has 2 fully saturated rings. The maximum atomic E-state index is 12.8. The maximum absolute atomic E-state index is 12.8. The predicted molar refractivity (Wildman–Crippen MR) is 133 cm³/mol. The lowest BCUT2D eigenvalue weighted by atomic mass is 9.88. The number of hydrogen-bond acceptors (Lipinski definition) is 5. The van der Waals surface area contributed by atoms with Crippen molar-refractivity contribution < 1.29 is 9.32 Å². The number of guanidine groups is 1. The number of rotatable bonds is 8. The van der Waals surface area contributed by atoms with E-state index in [0.717, 1.165) is 63.5 Å². The Hall–Kier alpha value is -1.39. The van der Waals surface area contributed by atoms with Gasteiger partial charge < -0.3 is 20.1 Å². The molecule has 3 rings (SSSR count). The zero-order chi connectivity index (χ0) is 21.3. The van der Waals surface area contributed by atoms with Gasteiger partial charge in [0.15, 0.2) is 11.8 Å². The molecule has 2 N–H and O–H groups in total. The molecule has 1 amide bonds. The van der Waals surface area contributed by atoms with E-state index < -0.39 is 0 Å². The fraction of sp³-hybridized carbons (Fsp3) is 0.818. The second-order valence-electron chi connectivity index (χ2n) is 8.81. The Balaban J connectivity index is 0.00000341. The van der Waals surface area contributed by atoms with Crippen molar-refractivity contribution in [3.8, 4) is 0 Å². The van der Waals surface area contributed by atoms with Crippen LogP contribution in [0.3, 0.4) is 0 Å². The molecule has 0 spiro atoms. The zero-order valence-corrected chi connectivity index (χ0v) is 21.6. The van der Waals surface area contributed by atoms with Crippen LogP contribution in [0.15, 0.2) is 9.52 Å². The minimum absolute atomic E-state index is 0. The Morgan fingerprint density at radius 3 is 2.71 bits per heavy atom. The van der Waals surface area contributed by atoms with Gasteiger partial charge in [0.25, 0.3) is 0 Å². The summed E-state index contributed by atoms with van der Waals surface area (Å²) in [5, 5.41) is 10.8. The third-order valence-corrected chi connectivity index (χ3v) is 5.96. The van der Waals surface area contributed by atoms with Gasteiger partial charge in [-0.1, -0.05) is 38.3 Å². The molecule has 1 saturated heterocycles. The molecule has 0 aromatic carbocycles. The largest absolute Gasteiger partial charge is 0.357 e. The molecule has 0 radical (unpaired) electrons. The molecule has 9 heteroatoms. The number of aryl methyl sites for hydroxylation is 1. The van der Waals surface area contributed by atoms with Crippen molar-refractivity contribution in [3.05, 3.63) is 11.7 Å². The molecule has 1 atom stereocenters. The monoisotopic (exact) mass is 546 g/mol. The van der Waals surface area contributed by atoms with Crippen LogP contribution in [-0.4, -0.2) is 59.1 Å². The smallest absolute Gasteiger partial charge is 0.226 e. The number of nitrogens with zero attached hydrogens (tertiary/aromatic N) is 4. The van der Waals surface area contributed by atoms with Crippen molar-refractivity contribution in [2.24, 2.45) is 10.9 Å². The highest BCUT2D eigenvalue weighted by Crippen LogP contribution is 2.26. The summed E-state index contributed by atoms with van der Waals surface area (Å²) in [6.45, 7) is 9.30. The second kappa shape index (κ2) is 13.2. The summed E-state index contributed by atoms with van der Waals surface area (Å²) in [5.74, 6) is 3.15. The lowest BCUT2D eigenvalue weighted by Gasteiger charge is -2.26. The minimum atomic E-state index is 0. The van der Waals surface area contributed by atoms with Crippen LogP contribution >= 0.6 is 24.0 Å². The molecule has 1 saturated carbocycles. The van der Waals surface area contributed by atoms with Crippen molar-refractivity contribution in [1.82, 2.24) is 25.7 Å². The van der Waals surface area contributed by atoms with Crippen molar-refractivity contribution >= 4 is 35.8 Å². The topological polar surface area (TPSA) is 95.7 Å². The molecule has 1 aromatic rings. The first-order valence-electron chi connectivity index (χ1n) is 11.7. The van der Waals surface area contributed by atoms with Gasteiger partial charge in [0.2, 0.25) is 11.8 Å². The van der Waals surface area contributed by atoms with Crippen molar-refractivity contribution in [3.63, 3.8) is 0 Å². The molecule has 31 heavy (non-hydrogen) atoms. The molecular formula is C22H39IN6O2. The summed E-state index contributed by atoms with van der Waals surface area (Å²) >= 11 is 0. The minimum Gasteiger partial charge on any atom is -0.357 e. The van der Waals surface area contributed by atoms with E-state index in [-0.39, 0.29) is 41.9 Å². The third-order valence-electron chi connectivity index (χ3n) is 5.96. The van der Waals surface area contributed by atoms with Crippen LogP contribution in [0.1, 0.15) is 83.3 Å². The molecule has 0 bridgehead atoms. The Labute approximate surface area is 203 Å². The molecule has 8 nitrogen and oxygen atoms in total. The summed E-state index contributed by atoms with van der Waals surface area (Å²) in [6, 6.07) is 0.264. The first-order chi connectivity index (χ1) is 14.6. The van der Waals surface area contributed by atoms with Crippen molar-refractivity contribution in [2.45, 2.75) is 84.1 Å². The zero-order valence-electron chi connectivity index (χ0n) is 19.2. The average molecular weight is 546 g/mol. The molecule has 1 aromatic heterocycles. The molecule has 1 aliphatic heterocycles. The highest BCUT2D eigenvalue weighted by Gasteiger charge is 2.31. The van der Waals surface area contributed by atoms with E-state index >= 15 is 0 Å². The number of carbonyl (C=O) groups excluding carboxylic acids is 1. The van der Waals surface area contributed by atoms with E-state index in [1.165, 1.54) is 19.3 Å². The van der Waals surface area contributed by atoms with Crippen molar-refractivity contribution in [2.75, 3.05) is 26.2 Å². The summed E-state index contributed by atoms with van der Waals surface area (Å²) in [7, 11) is 0. The second-order valence-corrected chi connectivity index (χ2v) is 8.81. The van der Waals surface area contributed by atoms with Crippen LogP contribution in [0.2, 0.25) is 0 Å². The van der Waals surface area contributed by atoms with E-state index in [9.17, 15) is 4.79 Å². The van der Waals surface area contributed by atoms with Crippen LogP contribution in [0.5, 0.6) is 0 Å². The van der Waals surface area contributed by atoms with Crippen LogP contribution in [0.4, 0.5) is 0 Å². The fourth-order valence-electron chi connectivity index (χ4n) is 4.22. The molecule has 176 valence electrons. The number of hydrogen-bond donors (Lipinski definition) is 2. The maximum Gasteiger partial charge on any atom is 0.226 e. The van der Waals surface area contributed by atoms with E-state index in [0.29, 0.717) is 18.3 Å². The van der Waals surface area contributed by atoms with Gasteiger partial charge >= 0.3 is 0 Å². The Kier molecular flexibility index (Phi) is 11.0. The highest BCUT2D eigenvalue weighted by atomic mass is 127. The van der Waals surface area contributed by atoms with Gasteiger partial charge in [0.05, 0.1) is 0 Å². The lowest BCUT2D eigenvalue weighted by molar-refractivity contribution is -0.135. The van der Waals surface area contributed by atoms with Gasteiger partial charge in [-0.25, -0.2) is 0 Å². The van der Waals surface area contributed by atoms with Gasteiger partial charge in [-0.3, -0.25) is 9.79 Å². The normalized spacial score (nSPS) is 20.1. The first-order valence-corrected chi connectivity index (χ1v) is 11.7. The molecular weight excluding hydrogens is 507 g/mol. The number of nitrogens with one attached hydrogen (secondary N) is 2. The summed E-state index contributed by atoms with van der Waals surface area (Å²) in [6.07, 6.45) is 8.37. The Morgan fingerprint density at radius 2 is 2.03 bits per heavy atom. The fourth-order valence-corrected chi connectivity index (χ4v) is 4.22. The van der Waals surface area contributed by atoms with Gasteiger partial charge in [0, 0.05) is 50.5 Å². The highest BCUT2D eigenvalue weighted by molar-refractivity contribution is 14.0. The van der Waals surface area contributed by atoms with E-state index in [1.807, 2.05) is 0 Å². The molecule has 2 heterocycles. The number of halogens is 1. The number of carbonyl (C=O) groups is 1. The van der Waals surface area contributed by atoms with Crippen LogP contribution < -0.4 is 10.6 Å². The standard InChI is InChI=1S/C22H38N6O2.HI/c1-4-23-22(24-13-8-11-19-26-20(16(2)3)27-30-19)25-18-12-14-28(15-18)21(29)17-9-6-5-7-10-17;/h16-18H,4-15H2,1-3H3,(H2,23,24,25);1H. The van der Waals surface area contributed by atoms with Crippen molar-refractivity contribution in [1.29, 1.82) is 0 Å². The number of aromatic nitrogens is 2. The summed E-state index contributed by atoms with van der Waals surface area (Å²) in [4.78, 5) is 23.9. The molecule has 1 aliphatic carbocycles. The van der Waals surface area contributed by atoms with Gasteiger partial charge in [-0.05, 0) is 32.6 Å². The van der Waals surface area contributed by atoms with Crippen LogP contribution in [-0.2, 0) is 11.2 Å². The van der Waals surface area contributed by atoms with E-state index in [4.69, 9.17) is 9.52 Å². The van der Waals surface area contributed by atoms with Gasteiger partial charge in [-0.15, -0.1) is 24.0 Å². The SMILES string of the molecule is CCNC(=NCCCc1nc(C(C)C)no1)NC1CCN(C(=O)C2CCCCC2)C1.I. The summed E-state index contributed by atoms with van der Waals surface area (Å²) in [5.41, 5.74) is 0. The number of likely N-dealkylation sites (tertiary alicyclic amines) is 1. The third kappa shape index (κ3) is 7.91. The summed E-state index contributed by atoms with van der Waals surface area (Å²) < 4.78 is 5.29. The van der Waals surface area contributed by atoms with Gasteiger partial charge in [0.1, 0.15) is 0 Å². The first kappa shape index (κ1) is 25.9. The lowest BCUT2D eigenvalue weighted by Crippen LogP contribution is -2.45. The number of aliphatic imine (C=N–C) groups is 1. The van der Waals surface area contributed by atoms with Crippen LogP contribution in [0.25, 0.3) is 0 Å². The van der Waals surface area contributed by atoms with E-state index in [2.05, 4.69) is 46.4 Å². The molecule has 2 aliphatic rings. The predicted octanol–water partition coefficient (Wildman–Crippen LogP) is 3.48. The molecule has 1 unspecified atom stereocenters. The Bertz CT molecular complexity index is 702. The number of amides is 1. The Morgan fingerprint density at radius 1 is 1.26 bits per heavy atom.